The monoisotopic (exact) mass is 246 g/mol. The zero-order valence-corrected chi connectivity index (χ0v) is 12.2. The molecule has 1 aliphatic rings. The van der Waals surface area contributed by atoms with Gasteiger partial charge in [-0.1, -0.05) is 64.4 Å². The third-order valence-electron chi connectivity index (χ3n) is 5.15. The molecule has 1 heteroatoms. The molecular weight excluding hydrogens is 220 g/mol. The highest BCUT2D eigenvalue weighted by Gasteiger charge is 2.55. The van der Waals surface area contributed by atoms with Gasteiger partial charge in [0.25, 0.3) is 0 Å². The van der Waals surface area contributed by atoms with Crippen LogP contribution in [0.25, 0.3) is 0 Å². The molecule has 1 N–H and O–H groups in total. The topological polar surface area (TPSA) is 20.2 Å². The molecule has 0 spiro atoms. The van der Waals surface area contributed by atoms with E-state index in [1.807, 2.05) is 6.07 Å². The molecule has 1 aliphatic carbocycles. The second kappa shape index (κ2) is 4.38. The highest BCUT2D eigenvalue weighted by molar-refractivity contribution is 5.21. The second-order valence-corrected chi connectivity index (χ2v) is 7.14. The first-order chi connectivity index (χ1) is 8.29. The first kappa shape index (κ1) is 13.6. The molecule has 1 nitrogen and oxygen atoms in total. The Hall–Kier alpha value is -0.820. The molecule has 1 saturated carbocycles. The van der Waals surface area contributed by atoms with E-state index in [9.17, 15) is 5.11 Å². The van der Waals surface area contributed by atoms with E-state index in [1.54, 1.807) is 0 Å². The van der Waals surface area contributed by atoms with Crippen molar-refractivity contribution in [3.05, 3.63) is 35.9 Å². The van der Waals surface area contributed by atoms with Crippen LogP contribution in [0.15, 0.2) is 30.3 Å². The van der Waals surface area contributed by atoms with Gasteiger partial charge in [0, 0.05) is 6.42 Å². The van der Waals surface area contributed by atoms with Crippen LogP contribution in [0.3, 0.4) is 0 Å². The van der Waals surface area contributed by atoms with E-state index >= 15 is 0 Å². The molecular formula is C17H26O. The minimum Gasteiger partial charge on any atom is -0.388 e. The van der Waals surface area contributed by atoms with Gasteiger partial charge in [-0.3, -0.25) is 0 Å². The summed E-state index contributed by atoms with van der Waals surface area (Å²) in [6.45, 7) is 8.88. The lowest BCUT2D eigenvalue weighted by atomic mass is 9.52. The molecule has 0 unspecified atom stereocenters. The predicted octanol–water partition coefficient (Wildman–Crippen LogP) is 4.20. The Kier molecular flexibility index (Phi) is 3.31. The second-order valence-electron chi connectivity index (χ2n) is 7.14. The summed E-state index contributed by atoms with van der Waals surface area (Å²) in [5, 5.41) is 11.4. The van der Waals surface area contributed by atoms with E-state index in [-0.39, 0.29) is 10.8 Å². The third-order valence-corrected chi connectivity index (χ3v) is 5.15. The van der Waals surface area contributed by atoms with Crippen molar-refractivity contribution in [2.75, 3.05) is 0 Å². The highest BCUT2D eigenvalue weighted by Crippen LogP contribution is 2.55. The Morgan fingerprint density at radius 2 is 1.44 bits per heavy atom. The summed E-state index contributed by atoms with van der Waals surface area (Å²) in [6.07, 6.45) is 4.20. The lowest BCUT2D eigenvalue weighted by Gasteiger charge is -2.56. The smallest absolute Gasteiger partial charge is 0.0789 e. The average Bonchev–Trinajstić information content (AvgIpc) is 2.27. The molecule has 18 heavy (non-hydrogen) atoms. The highest BCUT2D eigenvalue weighted by atomic mass is 16.3. The minimum absolute atomic E-state index is 0.0232. The first-order valence-electron chi connectivity index (χ1n) is 7.05. The van der Waals surface area contributed by atoms with Crippen LogP contribution >= 0.6 is 0 Å². The van der Waals surface area contributed by atoms with Crippen LogP contribution in [0.2, 0.25) is 0 Å². The van der Waals surface area contributed by atoms with Crippen molar-refractivity contribution in [3.8, 4) is 0 Å². The molecule has 100 valence electrons. The fraction of sp³-hybridized carbons (Fsp3) is 0.647. The molecule has 0 radical (unpaired) electrons. The van der Waals surface area contributed by atoms with Crippen molar-refractivity contribution in [2.24, 2.45) is 10.8 Å². The molecule has 2 rings (SSSR count). The lowest BCUT2D eigenvalue weighted by molar-refractivity contribution is -0.176. The van der Waals surface area contributed by atoms with Crippen LogP contribution in [0.4, 0.5) is 0 Å². The van der Waals surface area contributed by atoms with Crippen molar-refractivity contribution < 1.29 is 5.11 Å². The quantitative estimate of drug-likeness (QED) is 0.829. The third kappa shape index (κ3) is 2.09. The molecule has 0 saturated heterocycles. The SMILES string of the molecule is CC1(C)CCCC(C)(C)C1(O)Cc1ccccc1. The van der Waals surface area contributed by atoms with Crippen LogP contribution in [-0.2, 0) is 6.42 Å². The fourth-order valence-electron chi connectivity index (χ4n) is 3.67. The maximum Gasteiger partial charge on any atom is 0.0789 e. The summed E-state index contributed by atoms with van der Waals surface area (Å²) in [4.78, 5) is 0. The summed E-state index contributed by atoms with van der Waals surface area (Å²) >= 11 is 0. The van der Waals surface area contributed by atoms with E-state index in [0.29, 0.717) is 0 Å². The molecule has 1 aromatic rings. The largest absolute Gasteiger partial charge is 0.388 e. The van der Waals surface area contributed by atoms with Crippen molar-refractivity contribution in [2.45, 2.75) is 59.0 Å². The molecule has 1 fully saturated rings. The van der Waals surface area contributed by atoms with Gasteiger partial charge in [-0.25, -0.2) is 0 Å². The van der Waals surface area contributed by atoms with Gasteiger partial charge < -0.3 is 5.11 Å². The molecule has 0 heterocycles. The van der Waals surface area contributed by atoms with Gasteiger partial charge in [0.15, 0.2) is 0 Å². The summed E-state index contributed by atoms with van der Waals surface area (Å²) in [6, 6.07) is 10.4. The minimum atomic E-state index is -0.625. The molecule has 0 bridgehead atoms. The maximum atomic E-state index is 11.4. The van der Waals surface area contributed by atoms with Gasteiger partial charge in [-0.05, 0) is 29.2 Å². The van der Waals surface area contributed by atoms with Crippen LogP contribution in [0, 0.1) is 10.8 Å². The van der Waals surface area contributed by atoms with E-state index in [4.69, 9.17) is 0 Å². The molecule has 0 amide bonds. The van der Waals surface area contributed by atoms with Crippen molar-refractivity contribution in [1.29, 1.82) is 0 Å². The van der Waals surface area contributed by atoms with Crippen LogP contribution in [0.1, 0.15) is 52.5 Å². The number of aliphatic hydroxyl groups is 1. The normalized spacial score (nSPS) is 24.7. The predicted molar refractivity (Wildman–Crippen MR) is 76.5 cm³/mol. The van der Waals surface area contributed by atoms with Crippen LogP contribution in [0.5, 0.6) is 0 Å². The number of rotatable bonds is 2. The van der Waals surface area contributed by atoms with Gasteiger partial charge in [0.2, 0.25) is 0 Å². The van der Waals surface area contributed by atoms with E-state index in [1.165, 1.54) is 12.0 Å². The summed E-state index contributed by atoms with van der Waals surface area (Å²) in [5.74, 6) is 0. The molecule has 0 atom stereocenters. The van der Waals surface area contributed by atoms with Crippen molar-refractivity contribution in [1.82, 2.24) is 0 Å². The summed E-state index contributed by atoms with van der Waals surface area (Å²) in [7, 11) is 0. The van der Waals surface area contributed by atoms with Crippen molar-refractivity contribution >= 4 is 0 Å². The zero-order chi connectivity index (χ0) is 13.4. The standard InChI is InChI=1S/C17H26O/c1-15(2)11-8-12-16(3,4)17(15,18)13-14-9-6-5-7-10-14/h5-7,9-10,18H,8,11-13H2,1-4H3. The van der Waals surface area contributed by atoms with Gasteiger partial charge in [0.05, 0.1) is 5.60 Å². The molecule has 0 aromatic heterocycles. The Balaban J connectivity index is 2.36. The van der Waals surface area contributed by atoms with E-state index < -0.39 is 5.60 Å². The lowest BCUT2D eigenvalue weighted by Crippen LogP contribution is -2.59. The molecule has 1 aromatic carbocycles. The Morgan fingerprint density at radius 3 is 1.94 bits per heavy atom. The Bertz CT molecular complexity index is 387. The Morgan fingerprint density at radius 1 is 0.944 bits per heavy atom. The fourth-order valence-corrected chi connectivity index (χ4v) is 3.67. The first-order valence-corrected chi connectivity index (χ1v) is 7.05. The van der Waals surface area contributed by atoms with Gasteiger partial charge >= 0.3 is 0 Å². The maximum absolute atomic E-state index is 11.4. The average molecular weight is 246 g/mol. The van der Waals surface area contributed by atoms with Gasteiger partial charge in [-0.15, -0.1) is 0 Å². The summed E-state index contributed by atoms with van der Waals surface area (Å²) in [5.41, 5.74) is 0.567. The number of hydrogen-bond acceptors (Lipinski definition) is 1. The van der Waals surface area contributed by atoms with Crippen LogP contribution < -0.4 is 0 Å². The Labute approximate surface area is 111 Å². The van der Waals surface area contributed by atoms with E-state index in [0.717, 1.165) is 19.3 Å². The molecule has 0 aliphatic heterocycles. The number of benzene rings is 1. The van der Waals surface area contributed by atoms with Crippen LogP contribution in [-0.4, -0.2) is 10.7 Å². The number of hydrogen-bond donors (Lipinski definition) is 1. The van der Waals surface area contributed by atoms with Gasteiger partial charge in [0.1, 0.15) is 0 Å². The van der Waals surface area contributed by atoms with E-state index in [2.05, 4.69) is 52.0 Å². The summed E-state index contributed by atoms with van der Waals surface area (Å²) < 4.78 is 0. The van der Waals surface area contributed by atoms with Crippen molar-refractivity contribution in [3.63, 3.8) is 0 Å². The van der Waals surface area contributed by atoms with Gasteiger partial charge in [-0.2, -0.15) is 0 Å². The zero-order valence-electron chi connectivity index (χ0n) is 12.2.